The van der Waals surface area contributed by atoms with Crippen molar-refractivity contribution in [1.29, 1.82) is 0 Å². The Balaban J connectivity index is 1.15. The molecule has 2 aliphatic rings. The smallest absolute Gasteiger partial charge is 0.138 e. The van der Waals surface area contributed by atoms with Crippen LogP contribution < -0.4 is 10.6 Å². The highest BCUT2D eigenvalue weighted by Gasteiger charge is 2.20. The number of allylic oxidation sites excluding steroid dienone is 2. The number of quaternary nitrogens is 1. The highest BCUT2D eigenvalue weighted by molar-refractivity contribution is 5.90. The lowest BCUT2D eigenvalue weighted by atomic mass is 9.87. The lowest BCUT2D eigenvalue weighted by Crippen LogP contribution is -2.84. The highest BCUT2D eigenvalue weighted by Crippen LogP contribution is 2.33. The molecular weight excluding hydrogens is 424 g/mol. The molecule has 0 aliphatic heterocycles. The molecule has 0 radical (unpaired) electrons. The van der Waals surface area contributed by atoms with Crippen LogP contribution in [0, 0.1) is 0 Å². The number of aryl methyl sites for hydroxylation is 1. The van der Waals surface area contributed by atoms with Crippen molar-refractivity contribution in [3.05, 3.63) is 138 Å². The van der Waals surface area contributed by atoms with Gasteiger partial charge in [0.05, 0.1) is 6.04 Å². The van der Waals surface area contributed by atoms with Gasteiger partial charge in [-0.05, 0) is 83.3 Å². The van der Waals surface area contributed by atoms with Crippen molar-refractivity contribution in [3.63, 3.8) is 0 Å². The zero-order chi connectivity index (χ0) is 23.6. The first kappa shape index (κ1) is 21.6. The van der Waals surface area contributed by atoms with Gasteiger partial charge < -0.3 is 10.6 Å². The van der Waals surface area contributed by atoms with E-state index in [-0.39, 0.29) is 6.04 Å². The topological polar surface area (TPSA) is 28.6 Å². The second-order valence-electron chi connectivity index (χ2n) is 9.66. The monoisotopic (exact) mass is 455 g/mol. The molecule has 2 atom stereocenters. The van der Waals surface area contributed by atoms with Crippen LogP contribution in [0.4, 0.5) is 11.4 Å². The van der Waals surface area contributed by atoms with E-state index in [0.29, 0.717) is 6.04 Å². The number of benzene rings is 4. The van der Waals surface area contributed by atoms with Crippen LogP contribution in [0.2, 0.25) is 0 Å². The molecule has 0 spiro atoms. The SMILES string of the molecule is C=C1C=C(c2ccc(NC3CCCc4ccccc43)cc2)C=CC1[NH2+]c1cccc2ccccc12. The predicted octanol–water partition coefficient (Wildman–Crippen LogP) is 7.10. The molecule has 0 saturated heterocycles. The zero-order valence-corrected chi connectivity index (χ0v) is 20.0. The molecule has 0 amide bonds. The van der Waals surface area contributed by atoms with Crippen molar-refractivity contribution in [2.45, 2.75) is 31.3 Å². The van der Waals surface area contributed by atoms with Gasteiger partial charge in [0.25, 0.3) is 0 Å². The molecular formula is C33H31N2+. The summed E-state index contributed by atoms with van der Waals surface area (Å²) in [7, 11) is 0. The molecule has 3 N–H and O–H groups in total. The summed E-state index contributed by atoms with van der Waals surface area (Å²) in [5.41, 5.74) is 8.93. The maximum absolute atomic E-state index is 4.39. The van der Waals surface area contributed by atoms with E-state index in [1.54, 1.807) is 0 Å². The Bertz CT molecular complexity index is 1440. The molecule has 2 nitrogen and oxygen atoms in total. The number of hydrogen-bond acceptors (Lipinski definition) is 1. The van der Waals surface area contributed by atoms with Crippen molar-refractivity contribution in [2.24, 2.45) is 0 Å². The molecule has 6 rings (SSSR count). The van der Waals surface area contributed by atoms with Gasteiger partial charge in [-0.15, -0.1) is 0 Å². The van der Waals surface area contributed by atoms with E-state index in [4.69, 9.17) is 0 Å². The number of nitrogens with one attached hydrogen (secondary N) is 1. The molecule has 4 aromatic carbocycles. The summed E-state index contributed by atoms with van der Waals surface area (Å²) in [5, 5.41) is 8.65. The van der Waals surface area contributed by atoms with E-state index in [2.05, 4.69) is 126 Å². The average molecular weight is 456 g/mol. The third-order valence-electron chi connectivity index (χ3n) is 7.36. The largest absolute Gasteiger partial charge is 0.378 e. The van der Waals surface area contributed by atoms with Crippen LogP contribution in [-0.4, -0.2) is 6.04 Å². The van der Waals surface area contributed by atoms with E-state index in [0.717, 1.165) is 5.57 Å². The van der Waals surface area contributed by atoms with Gasteiger partial charge in [0, 0.05) is 16.6 Å². The van der Waals surface area contributed by atoms with E-state index in [1.807, 2.05) is 0 Å². The minimum Gasteiger partial charge on any atom is -0.378 e. The molecule has 0 fully saturated rings. The van der Waals surface area contributed by atoms with Gasteiger partial charge >= 0.3 is 0 Å². The number of nitrogens with two attached hydrogens (primary N) is 1. The second-order valence-corrected chi connectivity index (χ2v) is 9.66. The fraction of sp³-hybridized carbons (Fsp3) is 0.152. The molecule has 4 aromatic rings. The van der Waals surface area contributed by atoms with Gasteiger partial charge in [-0.2, -0.15) is 0 Å². The summed E-state index contributed by atoms with van der Waals surface area (Å²) in [5.74, 6) is 0. The minimum atomic E-state index is 0.205. The van der Waals surface area contributed by atoms with Gasteiger partial charge in [-0.1, -0.05) is 79.4 Å². The molecule has 0 aromatic heterocycles. The highest BCUT2D eigenvalue weighted by atomic mass is 14.9. The first-order valence-electron chi connectivity index (χ1n) is 12.6. The zero-order valence-electron chi connectivity index (χ0n) is 20.0. The van der Waals surface area contributed by atoms with Gasteiger partial charge in [-0.3, -0.25) is 0 Å². The Morgan fingerprint density at radius 3 is 2.51 bits per heavy atom. The number of fused-ring (bicyclic) bond motifs is 2. The quantitative estimate of drug-likeness (QED) is 0.309. The van der Waals surface area contributed by atoms with Crippen LogP contribution >= 0.6 is 0 Å². The first-order chi connectivity index (χ1) is 17.2. The van der Waals surface area contributed by atoms with Crippen LogP contribution in [0.25, 0.3) is 16.3 Å². The third-order valence-corrected chi connectivity index (χ3v) is 7.36. The summed E-state index contributed by atoms with van der Waals surface area (Å²) in [6, 6.07) is 33.4. The molecule has 0 saturated carbocycles. The van der Waals surface area contributed by atoms with Crippen molar-refractivity contribution >= 4 is 27.7 Å². The lowest BCUT2D eigenvalue weighted by Gasteiger charge is -2.27. The summed E-state index contributed by atoms with van der Waals surface area (Å²) in [4.78, 5) is 0. The molecule has 35 heavy (non-hydrogen) atoms. The Morgan fingerprint density at radius 2 is 1.63 bits per heavy atom. The molecule has 172 valence electrons. The van der Waals surface area contributed by atoms with E-state index in [1.165, 1.54) is 63.7 Å². The maximum Gasteiger partial charge on any atom is 0.138 e. The standard InChI is InChI=1S/C33H30N2/c1-23-22-27(18-21-31(23)35-33-15-7-11-26-9-3-5-13-30(26)33)24-16-19-28(20-17-24)34-32-14-6-10-25-8-2-4-12-29(25)32/h2-5,7-9,11-13,15-22,31-32,34-35H,1,6,10,14H2/p+1. The summed E-state index contributed by atoms with van der Waals surface area (Å²) in [6.45, 7) is 4.39. The first-order valence-corrected chi connectivity index (χ1v) is 12.6. The van der Waals surface area contributed by atoms with Gasteiger partial charge in [0.2, 0.25) is 0 Å². The second kappa shape index (κ2) is 9.40. The summed E-state index contributed by atoms with van der Waals surface area (Å²) in [6.07, 6.45) is 10.3. The third kappa shape index (κ3) is 4.45. The molecule has 2 unspecified atom stereocenters. The van der Waals surface area contributed by atoms with E-state index < -0.39 is 0 Å². The molecule has 2 aliphatic carbocycles. The van der Waals surface area contributed by atoms with Crippen molar-refractivity contribution in [2.75, 3.05) is 5.32 Å². The van der Waals surface area contributed by atoms with E-state index >= 15 is 0 Å². The van der Waals surface area contributed by atoms with Crippen LogP contribution in [0.1, 0.15) is 35.6 Å². The normalized spacial score (nSPS) is 19.3. The van der Waals surface area contributed by atoms with E-state index in [9.17, 15) is 0 Å². The number of anilines is 1. The summed E-state index contributed by atoms with van der Waals surface area (Å²) < 4.78 is 0. The Hall–Kier alpha value is -3.88. The van der Waals surface area contributed by atoms with Gasteiger partial charge in [-0.25, -0.2) is 0 Å². The van der Waals surface area contributed by atoms with Crippen LogP contribution in [0.3, 0.4) is 0 Å². The van der Waals surface area contributed by atoms with Crippen LogP contribution in [0.15, 0.2) is 121 Å². The van der Waals surface area contributed by atoms with Crippen molar-refractivity contribution < 1.29 is 5.32 Å². The molecule has 2 heteroatoms. The fourth-order valence-corrected chi connectivity index (χ4v) is 5.47. The Kier molecular flexibility index (Phi) is 5.81. The van der Waals surface area contributed by atoms with Gasteiger partial charge in [0.15, 0.2) is 0 Å². The van der Waals surface area contributed by atoms with Crippen molar-refractivity contribution in [3.8, 4) is 0 Å². The molecule has 0 bridgehead atoms. The fourth-order valence-electron chi connectivity index (χ4n) is 5.47. The Morgan fingerprint density at radius 1 is 0.829 bits per heavy atom. The number of hydrogen-bond donors (Lipinski definition) is 2. The molecule has 0 heterocycles. The Labute approximate surface area is 207 Å². The average Bonchev–Trinajstić information content (AvgIpc) is 2.91. The van der Waals surface area contributed by atoms with Crippen LogP contribution in [0.5, 0.6) is 0 Å². The summed E-state index contributed by atoms with van der Waals surface area (Å²) >= 11 is 0. The lowest BCUT2D eigenvalue weighted by molar-refractivity contribution is -0.588. The predicted molar refractivity (Wildman–Crippen MR) is 148 cm³/mol. The van der Waals surface area contributed by atoms with Crippen molar-refractivity contribution in [1.82, 2.24) is 0 Å². The van der Waals surface area contributed by atoms with Gasteiger partial charge in [0.1, 0.15) is 11.7 Å². The van der Waals surface area contributed by atoms with Crippen LogP contribution in [-0.2, 0) is 6.42 Å². The minimum absolute atomic E-state index is 0.205. The maximum atomic E-state index is 4.39. The number of rotatable bonds is 5.